The molecule has 7 N–H and O–H groups in total. The van der Waals surface area contributed by atoms with Crippen LogP contribution in [0.1, 0.15) is 47.9 Å². The number of benzene rings is 4. The van der Waals surface area contributed by atoms with E-state index in [0.29, 0.717) is 17.5 Å². The Labute approximate surface area is 375 Å². The van der Waals surface area contributed by atoms with Gasteiger partial charge in [-0.2, -0.15) is 0 Å². The Morgan fingerprint density at radius 3 is 1.62 bits per heavy atom. The third-order valence-corrected chi connectivity index (χ3v) is 10.6. The first-order valence-electron chi connectivity index (χ1n) is 20.7. The van der Waals surface area contributed by atoms with E-state index in [4.69, 9.17) is 23.1 Å². The number of hydrogen-bond acceptors (Lipinski definition) is 7. The topological polar surface area (TPSA) is 206 Å². The van der Waals surface area contributed by atoms with Crippen LogP contribution in [0.5, 0.6) is 0 Å². The van der Waals surface area contributed by atoms with Gasteiger partial charge in [-0.15, -0.1) is 11.6 Å². The first-order chi connectivity index (χ1) is 30.8. The minimum atomic E-state index is -1.21. The number of carbonyl (C=O) groups is 6. The summed E-state index contributed by atoms with van der Waals surface area (Å²) >= 11 is 5.89. The molecule has 334 valence electrons. The van der Waals surface area contributed by atoms with Gasteiger partial charge in [0.2, 0.25) is 23.6 Å². The first-order valence-corrected chi connectivity index (χ1v) is 21.2. The van der Waals surface area contributed by atoms with Gasteiger partial charge in [0.15, 0.2) is 17.5 Å². The number of nitrogens with zero attached hydrogens (tertiary/aromatic N) is 2. The molecule has 3 atom stereocenters. The number of nitrogens with two attached hydrogens (primary N) is 2. The quantitative estimate of drug-likeness (QED) is 0.0282. The molecule has 4 amide bonds. The van der Waals surface area contributed by atoms with Gasteiger partial charge in [0, 0.05) is 67.6 Å². The van der Waals surface area contributed by atoms with Gasteiger partial charge in [0.25, 0.3) is 0 Å². The van der Waals surface area contributed by atoms with Gasteiger partial charge in [-0.1, -0.05) is 97.1 Å². The number of aliphatic imine (C=N–C) groups is 1. The predicted octanol–water partition coefficient (Wildman–Crippen LogP) is 4.42. The van der Waals surface area contributed by atoms with Crippen molar-refractivity contribution in [1.82, 2.24) is 20.9 Å². The number of nitrogens with one attached hydrogen (secondary N) is 3. The van der Waals surface area contributed by atoms with E-state index < -0.39 is 65.0 Å². The van der Waals surface area contributed by atoms with Crippen molar-refractivity contribution < 1.29 is 37.5 Å². The van der Waals surface area contributed by atoms with E-state index in [-0.39, 0.29) is 85.9 Å². The molecule has 0 spiro atoms. The van der Waals surface area contributed by atoms with Crippen molar-refractivity contribution in [2.45, 2.75) is 56.7 Å². The molecule has 4 aromatic rings. The van der Waals surface area contributed by atoms with E-state index in [1.807, 2.05) is 0 Å². The normalized spacial score (nSPS) is 15.2. The molecular weight excluding hydrogens is 844 g/mol. The molecule has 1 heterocycles. The Morgan fingerprint density at radius 2 is 1.14 bits per heavy atom. The van der Waals surface area contributed by atoms with Gasteiger partial charge in [0.05, 0.1) is 11.9 Å². The monoisotopic (exact) mass is 893 g/mol. The number of carbonyl (C=O) groups excluding carboxylic acids is 6. The van der Waals surface area contributed by atoms with Crippen LogP contribution in [0, 0.1) is 11.6 Å². The standard InChI is InChI=1S/C48H50ClF2N7O6/c49-28-42(59)39(20-11-23-54-48(52)53)56-47(64)41(25-32-14-5-2-6-15-32)57-46(63)40(24-31-12-3-1-4-13-31)55-43(60)21-22-44(61)58-29-35(26-33-16-7-9-18-37(33)50)45(62)36(30-58)27-34-17-8-10-19-38(34)51/h1-10,12-19,26-27,39-41H,11,20-25,28-30H2,(H,55,60)(H,56,64)(H,57,63)(H4,52,53,54)/b35-26+,36-27+/t39-,40+,41?/m0/s1. The fraction of sp³-hybridized carbons (Fsp3) is 0.271. The second-order valence-corrected chi connectivity index (χ2v) is 15.4. The number of rotatable bonds is 20. The fourth-order valence-corrected chi connectivity index (χ4v) is 7.18. The van der Waals surface area contributed by atoms with Crippen molar-refractivity contribution in [3.63, 3.8) is 0 Å². The molecule has 1 saturated heterocycles. The van der Waals surface area contributed by atoms with E-state index in [1.54, 1.807) is 72.8 Å². The number of amides is 4. The number of Topliss-reactive ketones (excluding diaryl/α,β-unsaturated/α-hetero) is 2. The van der Waals surface area contributed by atoms with Gasteiger partial charge in [0.1, 0.15) is 23.7 Å². The number of guanidine groups is 1. The molecule has 13 nitrogen and oxygen atoms in total. The molecule has 1 aliphatic rings. The fourth-order valence-electron chi connectivity index (χ4n) is 6.99. The minimum Gasteiger partial charge on any atom is -0.370 e. The number of ketones is 2. The number of alkyl halides is 1. The molecule has 1 fully saturated rings. The van der Waals surface area contributed by atoms with Crippen molar-refractivity contribution >= 4 is 64.9 Å². The highest BCUT2D eigenvalue weighted by atomic mass is 35.5. The van der Waals surface area contributed by atoms with Crippen LogP contribution in [0.2, 0.25) is 0 Å². The summed E-state index contributed by atoms with van der Waals surface area (Å²) in [6.45, 7) is -0.181. The van der Waals surface area contributed by atoms with Crippen LogP contribution in [0.4, 0.5) is 8.78 Å². The summed E-state index contributed by atoms with van der Waals surface area (Å²) in [5, 5.41) is 8.23. The molecule has 0 radical (unpaired) electrons. The van der Waals surface area contributed by atoms with E-state index in [9.17, 15) is 37.5 Å². The maximum Gasteiger partial charge on any atom is 0.243 e. The number of likely N-dealkylation sites (tertiary alicyclic amines) is 1. The Bertz CT molecular complexity index is 2320. The highest BCUT2D eigenvalue weighted by Crippen LogP contribution is 2.25. The Hall–Kier alpha value is -7.00. The summed E-state index contributed by atoms with van der Waals surface area (Å²) in [5.41, 5.74) is 12.7. The number of halogens is 3. The van der Waals surface area contributed by atoms with Crippen molar-refractivity contribution in [3.05, 3.63) is 154 Å². The lowest BCUT2D eigenvalue weighted by Gasteiger charge is -2.30. The first kappa shape index (κ1) is 48.0. The molecule has 1 aliphatic heterocycles. The number of piperidine rings is 1. The minimum absolute atomic E-state index is 0.0207. The Morgan fingerprint density at radius 1 is 0.672 bits per heavy atom. The Balaban J connectivity index is 1.33. The smallest absolute Gasteiger partial charge is 0.243 e. The molecule has 0 aromatic heterocycles. The summed E-state index contributed by atoms with van der Waals surface area (Å²) in [6.07, 6.45) is 2.58. The molecular formula is C48H50ClF2N7O6. The van der Waals surface area contributed by atoms with E-state index in [2.05, 4.69) is 20.9 Å². The van der Waals surface area contributed by atoms with Crippen LogP contribution in [0.3, 0.4) is 0 Å². The van der Waals surface area contributed by atoms with E-state index in [1.165, 1.54) is 53.5 Å². The Kier molecular flexibility index (Phi) is 18.0. The lowest BCUT2D eigenvalue weighted by Crippen LogP contribution is -2.57. The molecule has 0 saturated carbocycles. The van der Waals surface area contributed by atoms with Crippen molar-refractivity contribution in [3.8, 4) is 0 Å². The molecule has 16 heteroatoms. The predicted molar refractivity (Wildman–Crippen MR) is 241 cm³/mol. The second kappa shape index (κ2) is 24.0. The van der Waals surface area contributed by atoms with Crippen LogP contribution in [0.25, 0.3) is 12.2 Å². The summed E-state index contributed by atoms with van der Waals surface area (Å²) < 4.78 is 29.4. The van der Waals surface area contributed by atoms with Gasteiger partial charge >= 0.3 is 0 Å². The lowest BCUT2D eigenvalue weighted by molar-refractivity contribution is -0.135. The molecule has 0 aliphatic carbocycles. The lowest BCUT2D eigenvalue weighted by atomic mass is 9.93. The van der Waals surface area contributed by atoms with Gasteiger partial charge in [-0.3, -0.25) is 33.8 Å². The zero-order chi connectivity index (χ0) is 46.0. The van der Waals surface area contributed by atoms with Crippen LogP contribution in [-0.2, 0) is 41.6 Å². The van der Waals surface area contributed by atoms with Crippen molar-refractivity contribution in [2.24, 2.45) is 16.5 Å². The van der Waals surface area contributed by atoms with Gasteiger partial charge in [-0.05, 0) is 48.3 Å². The number of hydrogen-bond donors (Lipinski definition) is 5. The maximum absolute atomic E-state index is 14.7. The van der Waals surface area contributed by atoms with Crippen molar-refractivity contribution in [1.29, 1.82) is 0 Å². The largest absolute Gasteiger partial charge is 0.370 e. The molecule has 0 bridgehead atoms. The summed E-state index contributed by atoms with van der Waals surface area (Å²) in [4.78, 5) is 87.2. The SMILES string of the molecule is NC(N)=NCCC[C@H](NC(=O)C(Cc1ccccc1)NC(=O)[C@@H](Cc1ccccc1)NC(=O)CCC(=O)N1C/C(=C\c2ccccc2F)C(=O)/C(=C/c2ccccc2F)C1)C(=O)CCl. The molecule has 5 rings (SSSR count). The van der Waals surface area contributed by atoms with Crippen LogP contribution >= 0.6 is 11.6 Å². The summed E-state index contributed by atoms with van der Waals surface area (Å²) in [5.74, 6) is -5.11. The molecule has 64 heavy (non-hydrogen) atoms. The van der Waals surface area contributed by atoms with Gasteiger partial charge < -0.3 is 32.3 Å². The second-order valence-electron chi connectivity index (χ2n) is 15.1. The van der Waals surface area contributed by atoms with E-state index >= 15 is 0 Å². The van der Waals surface area contributed by atoms with Crippen LogP contribution in [-0.4, -0.2) is 89.7 Å². The average Bonchev–Trinajstić information content (AvgIpc) is 3.29. The van der Waals surface area contributed by atoms with Gasteiger partial charge in [-0.25, -0.2) is 8.78 Å². The maximum atomic E-state index is 14.7. The molecule has 4 aromatic carbocycles. The zero-order valence-corrected chi connectivity index (χ0v) is 35.7. The summed E-state index contributed by atoms with van der Waals surface area (Å²) in [7, 11) is 0. The van der Waals surface area contributed by atoms with Crippen LogP contribution < -0.4 is 27.4 Å². The third kappa shape index (κ3) is 14.5. The highest BCUT2D eigenvalue weighted by Gasteiger charge is 2.32. The molecule has 1 unspecified atom stereocenters. The van der Waals surface area contributed by atoms with E-state index in [0.717, 1.165) is 0 Å². The zero-order valence-electron chi connectivity index (χ0n) is 35.0. The summed E-state index contributed by atoms with van der Waals surface area (Å²) in [6, 6.07) is 26.0. The van der Waals surface area contributed by atoms with Crippen LogP contribution in [0.15, 0.2) is 125 Å². The van der Waals surface area contributed by atoms with Crippen molar-refractivity contribution in [2.75, 3.05) is 25.5 Å². The average molecular weight is 894 g/mol. The third-order valence-electron chi connectivity index (χ3n) is 10.3. The highest BCUT2D eigenvalue weighted by molar-refractivity contribution is 6.28.